The van der Waals surface area contributed by atoms with Gasteiger partial charge in [0.25, 0.3) is 0 Å². The van der Waals surface area contributed by atoms with E-state index in [-0.39, 0.29) is 11.7 Å². The molecule has 6 nitrogen and oxygen atoms in total. The van der Waals surface area contributed by atoms with Crippen molar-refractivity contribution in [3.05, 3.63) is 28.3 Å². The molecule has 62 valence electrons. The number of fused-ring (bicyclic) bond motifs is 1. The Labute approximate surface area is 66.6 Å². The third kappa shape index (κ3) is 0.849. The first-order valence-corrected chi connectivity index (χ1v) is 3.26. The molecule has 0 saturated carbocycles. The predicted octanol–water partition coefficient (Wildman–Crippen LogP) is 1.14. The molecular formula is C6H5N3O3. The smallest absolute Gasteiger partial charge is 0.410 e. The first-order chi connectivity index (χ1) is 5.66. The van der Waals surface area contributed by atoms with Crippen LogP contribution in [0.15, 0.2) is 16.8 Å². The summed E-state index contributed by atoms with van der Waals surface area (Å²) in [7, 11) is 0. The average Bonchev–Trinajstić information content (AvgIpc) is 2.42. The largest absolute Gasteiger partial charge is 0.423 e. The highest BCUT2D eigenvalue weighted by Gasteiger charge is 2.15. The van der Waals surface area contributed by atoms with E-state index in [0.29, 0.717) is 5.76 Å². The monoisotopic (exact) mass is 167 g/mol. The van der Waals surface area contributed by atoms with Crippen molar-refractivity contribution in [2.75, 3.05) is 0 Å². The maximum atomic E-state index is 10.2. The van der Waals surface area contributed by atoms with Crippen LogP contribution in [0.25, 0.3) is 5.84 Å². The maximum Gasteiger partial charge on any atom is 0.423 e. The van der Waals surface area contributed by atoms with Gasteiger partial charge in [0.1, 0.15) is 12.0 Å². The van der Waals surface area contributed by atoms with Crippen LogP contribution in [0.4, 0.5) is 5.82 Å². The molecule has 0 saturated heterocycles. The molecule has 0 aliphatic heterocycles. The topological polar surface area (TPSA) is 73.6 Å². The fourth-order valence-electron chi connectivity index (χ4n) is 0.986. The Morgan fingerprint density at radius 1 is 1.67 bits per heavy atom. The van der Waals surface area contributed by atoms with Gasteiger partial charge in [0.15, 0.2) is 0 Å². The Hall–Kier alpha value is -1.85. The first-order valence-electron chi connectivity index (χ1n) is 3.26. The van der Waals surface area contributed by atoms with E-state index in [1.807, 2.05) is 0 Å². The Balaban J connectivity index is 2.64. The second-order valence-corrected chi connectivity index (χ2v) is 2.39. The van der Waals surface area contributed by atoms with Crippen molar-refractivity contribution in [1.82, 2.24) is 9.38 Å². The molecule has 0 atom stereocenters. The summed E-state index contributed by atoms with van der Waals surface area (Å²) in [5.41, 5.74) is 0. The van der Waals surface area contributed by atoms with Crippen molar-refractivity contribution in [1.29, 1.82) is 0 Å². The first kappa shape index (κ1) is 6.84. The van der Waals surface area contributed by atoms with Crippen LogP contribution < -0.4 is 0 Å². The summed E-state index contributed by atoms with van der Waals surface area (Å²) in [6.07, 6.45) is 2.95. The summed E-state index contributed by atoms with van der Waals surface area (Å²) in [6.45, 7) is 1.75. The molecule has 2 rings (SSSR count). The number of aryl methyl sites for hydroxylation is 1. The van der Waals surface area contributed by atoms with Gasteiger partial charge in [-0.05, 0) is 11.8 Å². The summed E-state index contributed by atoms with van der Waals surface area (Å²) >= 11 is 0. The number of oxazole rings is 1. The minimum atomic E-state index is -0.558. The Bertz CT molecular complexity index is 410. The van der Waals surface area contributed by atoms with E-state index in [9.17, 15) is 10.1 Å². The lowest BCUT2D eigenvalue weighted by molar-refractivity contribution is -0.389. The summed E-state index contributed by atoms with van der Waals surface area (Å²) in [4.78, 5) is 13.3. The fourth-order valence-corrected chi connectivity index (χ4v) is 0.986. The van der Waals surface area contributed by atoms with Crippen molar-refractivity contribution < 1.29 is 9.34 Å². The maximum absolute atomic E-state index is 10.2. The Morgan fingerprint density at radius 2 is 2.42 bits per heavy atom. The molecule has 0 aliphatic carbocycles. The highest BCUT2D eigenvalue weighted by molar-refractivity contribution is 5.33. The molecule has 0 spiro atoms. The molecule has 2 heterocycles. The van der Waals surface area contributed by atoms with Gasteiger partial charge in [-0.3, -0.25) is 0 Å². The number of imidazole rings is 1. The standard InChI is InChI=1S/C6H5N3O3/c1-4-2-8-3-5(9(10)11)7-6(8)12-4/h2-3H,1H3. The van der Waals surface area contributed by atoms with Gasteiger partial charge in [-0.1, -0.05) is 0 Å². The van der Waals surface area contributed by atoms with Gasteiger partial charge in [-0.2, -0.15) is 0 Å². The van der Waals surface area contributed by atoms with E-state index in [0.717, 1.165) is 0 Å². The van der Waals surface area contributed by atoms with Crippen molar-refractivity contribution in [2.24, 2.45) is 0 Å². The zero-order valence-corrected chi connectivity index (χ0v) is 6.22. The van der Waals surface area contributed by atoms with Gasteiger partial charge < -0.3 is 14.5 Å². The molecule has 0 unspecified atom stereocenters. The number of hydrogen-bond donors (Lipinski definition) is 0. The molecule has 0 bridgehead atoms. The lowest BCUT2D eigenvalue weighted by Crippen LogP contribution is -1.86. The van der Waals surface area contributed by atoms with Crippen molar-refractivity contribution in [3.63, 3.8) is 0 Å². The zero-order valence-electron chi connectivity index (χ0n) is 6.22. The molecule has 0 N–H and O–H groups in total. The summed E-state index contributed by atoms with van der Waals surface area (Å²) < 4.78 is 6.53. The number of nitrogens with zero attached hydrogens (tertiary/aromatic N) is 3. The van der Waals surface area contributed by atoms with Gasteiger partial charge in [0.05, 0.1) is 6.20 Å². The van der Waals surface area contributed by atoms with Crippen LogP contribution in [0.5, 0.6) is 0 Å². The van der Waals surface area contributed by atoms with E-state index in [1.165, 1.54) is 10.6 Å². The minimum Gasteiger partial charge on any atom is -0.410 e. The number of hydrogen-bond acceptors (Lipinski definition) is 4. The van der Waals surface area contributed by atoms with E-state index in [1.54, 1.807) is 13.1 Å². The van der Waals surface area contributed by atoms with Crippen LogP contribution in [0.2, 0.25) is 0 Å². The van der Waals surface area contributed by atoms with E-state index < -0.39 is 4.92 Å². The second-order valence-electron chi connectivity index (χ2n) is 2.39. The summed E-state index contributed by atoms with van der Waals surface area (Å²) in [5, 5.41) is 10.2. The molecule has 0 fully saturated rings. The van der Waals surface area contributed by atoms with Gasteiger partial charge in [-0.15, -0.1) is 0 Å². The lowest BCUT2D eigenvalue weighted by atomic mass is 10.6. The van der Waals surface area contributed by atoms with Gasteiger partial charge in [0, 0.05) is 4.98 Å². The Kier molecular flexibility index (Phi) is 1.18. The molecule has 0 aromatic carbocycles. The van der Waals surface area contributed by atoms with Crippen LogP contribution in [-0.4, -0.2) is 14.3 Å². The highest BCUT2D eigenvalue weighted by atomic mass is 16.6. The molecular weight excluding hydrogens is 162 g/mol. The number of aromatic nitrogens is 2. The summed E-state index contributed by atoms with van der Waals surface area (Å²) in [6, 6.07) is 0. The zero-order chi connectivity index (χ0) is 8.72. The third-order valence-electron chi connectivity index (χ3n) is 1.45. The molecule has 0 radical (unpaired) electrons. The fraction of sp³-hybridized carbons (Fsp3) is 0.167. The molecule has 2 aromatic heterocycles. The predicted molar refractivity (Wildman–Crippen MR) is 38.8 cm³/mol. The van der Waals surface area contributed by atoms with Crippen LogP contribution in [0.3, 0.4) is 0 Å². The second kappa shape index (κ2) is 2.07. The van der Waals surface area contributed by atoms with Crippen LogP contribution in [0.1, 0.15) is 5.76 Å². The van der Waals surface area contributed by atoms with Crippen molar-refractivity contribution >= 4 is 11.7 Å². The van der Waals surface area contributed by atoms with Crippen molar-refractivity contribution in [3.8, 4) is 0 Å². The molecule has 0 amide bonds. The number of rotatable bonds is 1. The highest BCUT2D eigenvalue weighted by Crippen LogP contribution is 2.14. The van der Waals surface area contributed by atoms with Crippen LogP contribution in [-0.2, 0) is 0 Å². The molecule has 0 aliphatic rings. The lowest BCUT2D eigenvalue weighted by Gasteiger charge is -1.82. The Morgan fingerprint density at radius 3 is 3.00 bits per heavy atom. The number of nitro groups is 1. The van der Waals surface area contributed by atoms with Gasteiger partial charge in [-0.25, -0.2) is 4.40 Å². The SMILES string of the molecule is Cc1cn2cc([N+](=O)[O-])nc2o1. The van der Waals surface area contributed by atoms with E-state index in [2.05, 4.69) is 4.98 Å². The van der Waals surface area contributed by atoms with Crippen LogP contribution in [0, 0.1) is 17.0 Å². The quantitative estimate of drug-likeness (QED) is 0.471. The van der Waals surface area contributed by atoms with E-state index >= 15 is 0 Å². The van der Waals surface area contributed by atoms with E-state index in [4.69, 9.17) is 4.42 Å². The normalized spacial score (nSPS) is 10.8. The minimum absolute atomic E-state index is 0.200. The van der Waals surface area contributed by atoms with Crippen LogP contribution >= 0.6 is 0 Å². The summed E-state index contributed by atoms with van der Waals surface area (Å²) in [5.74, 6) is 0.723. The van der Waals surface area contributed by atoms with Gasteiger partial charge in [0.2, 0.25) is 0 Å². The van der Waals surface area contributed by atoms with Gasteiger partial charge >= 0.3 is 11.7 Å². The molecule has 2 aromatic rings. The van der Waals surface area contributed by atoms with Crippen molar-refractivity contribution in [2.45, 2.75) is 6.92 Å². The molecule has 6 heteroatoms. The average molecular weight is 167 g/mol. The molecule has 12 heavy (non-hydrogen) atoms. The third-order valence-corrected chi connectivity index (χ3v) is 1.45.